The van der Waals surface area contributed by atoms with Crippen molar-refractivity contribution in [2.75, 3.05) is 11.1 Å². The zero-order valence-corrected chi connectivity index (χ0v) is 12.8. The number of nitrogen functional groups attached to an aromatic ring is 1. The van der Waals surface area contributed by atoms with Gasteiger partial charge in [-0.05, 0) is 42.8 Å². The second kappa shape index (κ2) is 5.35. The molecule has 0 saturated heterocycles. The van der Waals surface area contributed by atoms with Gasteiger partial charge < -0.3 is 5.73 Å². The summed E-state index contributed by atoms with van der Waals surface area (Å²) < 4.78 is 1.04. The van der Waals surface area contributed by atoms with Crippen LogP contribution in [0.4, 0.5) is 10.8 Å². The number of aryl methyl sites for hydroxylation is 1. The van der Waals surface area contributed by atoms with Crippen LogP contribution in [-0.2, 0) is 0 Å². The van der Waals surface area contributed by atoms with Crippen LogP contribution in [0.25, 0.3) is 10.2 Å². The van der Waals surface area contributed by atoms with Gasteiger partial charge in [-0.25, -0.2) is 4.98 Å². The summed E-state index contributed by atoms with van der Waals surface area (Å²) in [7, 11) is 0. The zero-order chi connectivity index (χ0) is 15.0. The van der Waals surface area contributed by atoms with E-state index in [9.17, 15) is 4.79 Å². The van der Waals surface area contributed by atoms with E-state index in [0.717, 1.165) is 15.8 Å². The van der Waals surface area contributed by atoms with Crippen molar-refractivity contribution in [1.82, 2.24) is 4.98 Å². The molecule has 0 saturated carbocycles. The van der Waals surface area contributed by atoms with E-state index in [-0.39, 0.29) is 5.91 Å². The Morgan fingerprint density at radius 2 is 2.10 bits per heavy atom. The molecule has 3 rings (SSSR count). The fraction of sp³-hybridized carbons (Fsp3) is 0.0667. The Labute approximate surface area is 130 Å². The van der Waals surface area contributed by atoms with Gasteiger partial charge in [0.15, 0.2) is 5.13 Å². The van der Waals surface area contributed by atoms with E-state index in [1.165, 1.54) is 11.3 Å². The Balaban J connectivity index is 1.87. The van der Waals surface area contributed by atoms with Crippen molar-refractivity contribution in [3.8, 4) is 0 Å². The van der Waals surface area contributed by atoms with Crippen LogP contribution in [0.3, 0.4) is 0 Å². The summed E-state index contributed by atoms with van der Waals surface area (Å²) in [4.78, 5) is 16.6. The number of rotatable bonds is 2. The lowest BCUT2D eigenvalue weighted by Crippen LogP contribution is -2.11. The molecule has 0 fully saturated rings. The minimum atomic E-state index is -0.257. The molecule has 0 aliphatic rings. The first-order chi connectivity index (χ1) is 10.0. The lowest BCUT2D eigenvalue weighted by Gasteiger charge is -2.03. The fourth-order valence-electron chi connectivity index (χ4n) is 1.92. The number of fused-ring (bicyclic) bond motifs is 1. The smallest absolute Gasteiger partial charge is 0.257 e. The molecule has 1 heterocycles. The molecule has 1 amide bonds. The third-order valence-corrected chi connectivity index (χ3v) is 4.29. The molecule has 0 unspecified atom stereocenters. The van der Waals surface area contributed by atoms with Crippen molar-refractivity contribution >= 4 is 49.9 Å². The Morgan fingerprint density at radius 3 is 2.86 bits per heavy atom. The normalized spacial score (nSPS) is 10.8. The summed E-state index contributed by atoms with van der Waals surface area (Å²) in [6, 6.07) is 10.8. The first-order valence-electron chi connectivity index (χ1n) is 6.26. The topological polar surface area (TPSA) is 68.0 Å². The molecule has 6 heteroatoms. The number of carbonyl (C=O) groups excluding carboxylic acids is 1. The minimum absolute atomic E-state index is 0.257. The number of nitrogens with zero attached hydrogens (tertiary/aromatic N) is 1. The van der Waals surface area contributed by atoms with Gasteiger partial charge in [-0.3, -0.25) is 10.1 Å². The molecule has 0 aliphatic carbocycles. The Bertz CT molecular complexity index is 844. The molecule has 3 aromatic rings. The van der Waals surface area contributed by atoms with Crippen molar-refractivity contribution < 1.29 is 4.79 Å². The predicted molar refractivity (Wildman–Crippen MR) is 88.2 cm³/mol. The quantitative estimate of drug-likeness (QED) is 0.699. The number of nitrogens with one attached hydrogen (secondary N) is 1. The molecule has 0 bridgehead atoms. The number of aromatic nitrogens is 1. The van der Waals surface area contributed by atoms with Crippen molar-refractivity contribution in [3.63, 3.8) is 0 Å². The molecule has 0 radical (unpaired) electrons. The molecule has 0 aliphatic heterocycles. The second-order valence-corrected chi connectivity index (χ2v) is 6.12. The first-order valence-corrected chi connectivity index (χ1v) is 7.46. The highest BCUT2D eigenvalue weighted by atomic mass is 35.5. The molecule has 21 heavy (non-hydrogen) atoms. The van der Waals surface area contributed by atoms with Crippen LogP contribution in [0.2, 0.25) is 5.02 Å². The molecule has 0 spiro atoms. The van der Waals surface area contributed by atoms with Crippen LogP contribution in [0, 0.1) is 6.92 Å². The summed E-state index contributed by atoms with van der Waals surface area (Å²) >= 11 is 7.37. The Kier molecular flexibility index (Phi) is 3.53. The molecular formula is C15H12ClN3OS. The van der Waals surface area contributed by atoms with Crippen LogP contribution in [0.5, 0.6) is 0 Å². The standard InChI is InChI=1S/C15H12ClN3OS/c1-8-2-5-12-13(6-8)21-15(18-12)19-14(20)9-3-4-11(17)10(16)7-9/h2-7H,17H2,1H3,(H,18,19,20). The van der Waals surface area contributed by atoms with Crippen LogP contribution in [0.15, 0.2) is 36.4 Å². The van der Waals surface area contributed by atoms with Gasteiger partial charge in [-0.2, -0.15) is 0 Å². The van der Waals surface area contributed by atoms with Gasteiger partial charge in [-0.1, -0.05) is 29.0 Å². The number of anilines is 2. The number of amides is 1. The van der Waals surface area contributed by atoms with Gasteiger partial charge in [0.2, 0.25) is 0 Å². The second-order valence-electron chi connectivity index (χ2n) is 4.68. The van der Waals surface area contributed by atoms with E-state index in [0.29, 0.717) is 21.4 Å². The summed E-state index contributed by atoms with van der Waals surface area (Å²) in [5, 5.41) is 3.71. The van der Waals surface area contributed by atoms with E-state index in [4.69, 9.17) is 17.3 Å². The van der Waals surface area contributed by atoms with Crippen LogP contribution in [-0.4, -0.2) is 10.9 Å². The minimum Gasteiger partial charge on any atom is -0.398 e. The molecule has 2 aromatic carbocycles. The van der Waals surface area contributed by atoms with E-state index in [1.807, 2.05) is 25.1 Å². The number of carbonyl (C=O) groups is 1. The van der Waals surface area contributed by atoms with Gasteiger partial charge in [0.05, 0.1) is 20.9 Å². The molecule has 0 atom stereocenters. The number of thiazole rings is 1. The lowest BCUT2D eigenvalue weighted by atomic mass is 10.2. The van der Waals surface area contributed by atoms with Crippen LogP contribution in [0.1, 0.15) is 15.9 Å². The molecular weight excluding hydrogens is 306 g/mol. The van der Waals surface area contributed by atoms with E-state index >= 15 is 0 Å². The number of hydrogen-bond acceptors (Lipinski definition) is 4. The van der Waals surface area contributed by atoms with Gasteiger partial charge in [0.1, 0.15) is 0 Å². The van der Waals surface area contributed by atoms with Gasteiger partial charge in [-0.15, -0.1) is 0 Å². The van der Waals surface area contributed by atoms with Gasteiger partial charge >= 0.3 is 0 Å². The lowest BCUT2D eigenvalue weighted by molar-refractivity contribution is 0.102. The number of benzene rings is 2. The SMILES string of the molecule is Cc1ccc2nc(NC(=O)c3ccc(N)c(Cl)c3)sc2c1. The number of nitrogens with two attached hydrogens (primary N) is 1. The predicted octanol–water partition coefficient (Wildman–Crippen LogP) is 4.09. The Morgan fingerprint density at radius 1 is 1.29 bits per heavy atom. The summed E-state index contributed by atoms with van der Waals surface area (Å²) in [6.07, 6.45) is 0. The van der Waals surface area contributed by atoms with E-state index in [1.54, 1.807) is 18.2 Å². The average Bonchev–Trinajstić information content (AvgIpc) is 2.83. The van der Waals surface area contributed by atoms with Crippen molar-refractivity contribution in [2.24, 2.45) is 0 Å². The van der Waals surface area contributed by atoms with Crippen molar-refractivity contribution in [1.29, 1.82) is 0 Å². The Hall–Kier alpha value is -2.11. The fourth-order valence-corrected chi connectivity index (χ4v) is 3.06. The maximum atomic E-state index is 12.2. The van der Waals surface area contributed by atoms with E-state index in [2.05, 4.69) is 10.3 Å². The monoisotopic (exact) mass is 317 g/mol. The highest BCUT2D eigenvalue weighted by molar-refractivity contribution is 7.22. The highest BCUT2D eigenvalue weighted by Gasteiger charge is 2.11. The number of hydrogen-bond donors (Lipinski definition) is 2. The third kappa shape index (κ3) is 2.84. The summed E-state index contributed by atoms with van der Waals surface area (Å²) in [5.41, 5.74) is 8.56. The largest absolute Gasteiger partial charge is 0.398 e. The van der Waals surface area contributed by atoms with Crippen LogP contribution < -0.4 is 11.1 Å². The molecule has 1 aromatic heterocycles. The van der Waals surface area contributed by atoms with Crippen molar-refractivity contribution in [2.45, 2.75) is 6.92 Å². The van der Waals surface area contributed by atoms with Gasteiger partial charge in [0.25, 0.3) is 5.91 Å². The summed E-state index contributed by atoms with van der Waals surface area (Å²) in [6.45, 7) is 2.02. The summed E-state index contributed by atoms with van der Waals surface area (Å²) in [5.74, 6) is -0.257. The van der Waals surface area contributed by atoms with E-state index < -0.39 is 0 Å². The average molecular weight is 318 g/mol. The zero-order valence-electron chi connectivity index (χ0n) is 11.2. The first kappa shape index (κ1) is 13.9. The van der Waals surface area contributed by atoms with Crippen molar-refractivity contribution in [3.05, 3.63) is 52.5 Å². The third-order valence-electron chi connectivity index (χ3n) is 3.03. The number of halogens is 1. The maximum absolute atomic E-state index is 12.2. The van der Waals surface area contributed by atoms with Gasteiger partial charge in [0, 0.05) is 5.56 Å². The molecule has 4 nitrogen and oxygen atoms in total. The molecule has 3 N–H and O–H groups in total. The highest BCUT2D eigenvalue weighted by Crippen LogP contribution is 2.27. The maximum Gasteiger partial charge on any atom is 0.257 e. The van der Waals surface area contributed by atoms with Crippen LogP contribution >= 0.6 is 22.9 Å². The molecule has 106 valence electrons.